The molecule has 0 aliphatic rings. The number of hydrogen-bond acceptors (Lipinski definition) is 3. The Bertz CT molecular complexity index is 934. The maximum atomic E-state index is 5.70. The van der Waals surface area contributed by atoms with Crippen LogP contribution in [0.4, 0.5) is 0 Å². The maximum absolute atomic E-state index is 5.70. The molecule has 4 heteroatoms. The summed E-state index contributed by atoms with van der Waals surface area (Å²) in [6.45, 7) is 4.07. The first-order valence-electron chi connectivity index (χ1n) is 8.01. The zero-order chi connectivity index (χ0) is 16.5. The number of aromatic nitrogens is 2. The fraction of sp³-hybridized carbons (Fsp3) is 0.150. The van der Waals surface area contributed by atoms with Crippen LogP contribution in [-0.4, -0.2) is 16.1 Å². The van der Waals surface area contributed by atoms with Crippen LogP contribution in [0.5, 0.6) is 5.75 Å². The van der Waals surface area contributed by atoms with E-state index in [4.69, 9.17) is 4.74 Å². The van der Waals surface area contributed by atoms with Crippen molar-refractivity contribution in [2.75, 3.05) is 0 Å². The zero-order valence-corrected chi connectivity index (χ0v) is 14.4. The number of para-hydroxylation sites is 2. The summed E-state index contributed by atoms with van der Waals surface area (Å²) in [7, 11) is 0. The molecule has 0 aliphatic carbocycles. The molecule has 0 saturated carbocycles. The lowest BCUT2D eigenvalue weighted by molar-refractivity contribution is 0.242. The quantitative estimate of drug-likeness (QED) is 0.516. The minimum Gasteiger partial charge on any atom is -0.491 e. The Kier molecular flexibility index (Phi) is 3.82. The standard InChI is InChI=1S/C20H18N2OS/c1-13(2)23-15-9-7-14(8-10-15)18-11-12-19(24-18)20-21-16-5-3-4-6-17(16)22-20/h3-13H,1-2H3,(H,21,22). The highest BCUT2D eigenvalue weighted by Gasteiger charge is 2.09. The van der Waals surface area contributed by atoms with Gasteiger partial charge in [0, 0.05) is 4.88 Å². The lowest BCUT2D eigenvalue weighted by atomic mass is 10.2. The van der Waals surface area contributed by atoms with Gasteiger partial charge in [0.25, 0.3) is 0 Å². The van der Waals surface area contributed by atoms with Crippen LogP contribution < -0.4 is 4.74 Å². The van der Waals surface area contributed by atoms with E-state index in [-0.39, 0.29) is 6.10 Å². The molecule has 120 valence electrons. The highest BCUT2D eigenvalue weighted by molar-refractivity contribution is 7.18. The van der Waals surface area contributed by atoms with Crippen LogP contribution in [0.2, 0.25) is 0 Å². The lowest BCUT2D eigenvalue weighted by Gasteiger charge is -2.09. The molecule has 2 aromatic heterocycles. The number of hydrogen-bond donors (Lipinski definition) is 1. The fourth-order valence-electron chi connectivity index (χ4n) is 2.66. The lowest BCUT2D eigenvalue weighted by Crippen LogP contribution is -2.04. The average molecular weight is 334 g/mol. The molecule has 2 aromatic carbocycles. The Labute approximate surface area is 145 Å². The number of rotatable bonds is 4. The Morgan fingerprint density at radius 1 is 0.917 bits per heavy atom. The van der Waals surface area contributed by atoms with Crippen molar-refractivity contribution in [2.45, 2.75) is 20.0 Å². The Morgan fingerprint density at radius 2 is 1.67 bits per heavy atom. The predicted molar refractivity (Wildman–Crippen MR) is 101 cm³/mol. The highest BCUT2D eigenvalue weighted by atomic mass is 32.1. The number of H-pyrrole nitrogens is 1. The number of thiophene rings is 1. The van der Waals surface area contributed by atoms with Crippen LogP contribution in [0, 0.1) is 0 Å². The summed E-state index contributed by atoms with van der Waals surface area (Å²) in [4.78, 5) is 10.4. The molecular weight excluding hydrogens is 316 g/mol. The Balaban J connectivity index is 1.62. The molecule has 3 nitrogen and oxygen atoms in total. The van der Waals surface area contributed by atoms with Crippen molar-refractivity contribution in [2.24, 2.45) is 0 Å². The number of benzene rings is 2. The molecule has 24 heavy (non-hydrogen) atoms. The smallest absolute Gasteiger partial charge is 0.148 e. The van der Waals surface area contributed by atoms with Crippen molar-refractivity contribution in [1.82, 2.24) is 9.97 Å². The van der Waals surface area contributed by atoms with Crippen LogP contribution in [-0.2, 0) is 0 Å². The molecule has 0 fully saturated rings. The SMILES string of the molecule is CC(C)Oc1ccc(-c2ccc(-c3nc4ccccc4[nH]3)s2)cc1. The van der Waals surface area contributed by atoms with Gasteiger partial charge in [-0.15, -0.1) is 11.3 Å². The largest absolute Gasteiger partial charge is 0.491 e. The molecule has 0 unspecified atom stereocenters. The third-order valence-electron chi connectivity index (χ3n) is 3.74. The van der Waals surface area contributed by atoms with Gasteiger partial charge in [-0.3, -0.25) is 0 Å². The van der Waals surface area contributed by atoms with E-state index in [1.165, 1.54) is 10.4 Å². The van der Waals surface area contributed by atoms with Crippen LogP contribution in [0.3, 0.4) is 0 Å². The van der Waals surface area contributed by atoms with Crippen molar-refractivity contribution in [3.05, 3.63) is 60.7 Å². The van der Waals surface area contributed by atoms with E-state index >= 15 is 0 Å². The van der Waals surface area contributed by atoms with Gasteiger partial charge in [-0.2, -0.15) is 0 Å². The molecule has 1 N–H and O–H groups in total. The van der Waals surface area contributed by atoms with E-state index in [0.29, 0.717) is 0 Å². The van der Waals surface area contributed by atoms with Gasteiger partial charge in [0.05, 0.1) is 22.0 Å². The molecule has 4 rings (SSSR count). The molecule has 2 heterocycles. The fourth-order valence-corrected chi connectivity index (χ4v) is 3.62. The van der Waals surface area contributed by atoms with Crippen molar-refractivity contribution in [1.29, 1.82) is 0 Å². The van der Waals surface area contributed by atoms with E-state index in [9.17, 15) is 0 Å². The van der Waals surface area contributed by atoms with Gasteiger partial charge in [-0.25, -0.2) is 4.98 Å². The number of fused-ring (bicyclic) bond motifs is 1. The van der Waals surface area contributed by atoms with E-state index in [1.54, 1.807) is 11.3 Å². The van der Waals surface area contributed by atoms with E-state index in [2.05, 4.69) is 34.2 Å². The third kappa shape index (κ3) is 2.93. The molecule has 0 radical (unpaired) electrons. The van der Waals surface area contributed by atoms with Crippen molar-refractivity contribution >= 4 is 22.4 Å². The highest BCUT2D eigenvalue weighted by Crippen LogP contribution is 2.34. The summed E-state index contributed by atoms with van der Waals surface area (Å²) >= 11 is 1.74. The Morgan fingerprint density at radius 3 is 2.42 bits per heavy atom. The molecule has 0 amide bonds. The molecular formula is C20H18N2OS. The number of nitrogens with one attached hydrogen (secondary N) is 1. The summed E-state index contributed by atoms with van der Waals surface area (Å²) in [6, 6.07) is 20.6. The monoisotopic (exact) mass is 334 g/mol. The van der Waals surface area contributed by atoms with E-state index in [0.717, 1.165) is 27.5 Å². The Hall–Kier alpha value is -2.59. The van der Waals surface area contributed by atoms with E-state index < -0.39 is 0 Å². The van der Waals surface area contributed by atoms with Crippen LogP contribution in [0.15, 0.2) is 60.7 Å². The molecule has 4 aromatic rings. The van der Waals surface area contributed by atoms with Gasteiger partial charge in [0.1, 0.15) is 11.6 Å². The molecule has 0 atom stereocenters. The zero-order valence-electron chi connectivity index (χ0n) is 13.6. The van der Waals surface area contributed by atoms with Crippen LogP contribution in [0.1, 0.15) is 13.8 Å². The van der Waals surface area contributed by atoms with Crippen molar-refractivity contribution < 1.29 is 4.74 Å². The maximum Gasteiger partial charge on any atom is 0.148 e. The summed E-state index contributed by atoms with van der Waals surface area (Å²) in [5, 5.41) is 0. The van der Waals surface area contributed by atoms with Crippen LogP contribution >= 0.6 is 11.3 Å². The molecule has 0 aliphatic heterocycles. The number of imidazole rings is 1. The summed E-state index contributed by atoms with van der Waals surface area (Å²) in [6.07, 6.45) is 0.192. The molecule has 0 saturated heterocycles. The number of nitrogens with zero attached hydrogens (tertiary/aromatic N) is 1. The van der Waals surface area contributed by atoms with E-state index in [1.807, 2.05) is 50.2 Å². The second-order valence-electron chi connectivity index (χ2n) is 5.96. The van der Waals surface area contributed by atoms with Gasteiger partial charge < -0.3 is 9.72 Å². The summed E-state index contributed by atoms with van der Waals surface area (Å²) in [5.41, 5.74) is 3.26. The normalized spacial score (nSPS) is 11.3. The topological polar surface area (TPSA) is 37.9 Å². The minimum absolute atomic E-state index is 0.192. The van der Waals surface area contributed by atoms with Gasteiger partial charge in [-0.1, -0.05) is 12.1 Å². The second-order valence-corrected chi connectivity index (χ2v) is 7.04. The first-order chi connectivity index (χ1) is 11.7. The first-order valence-corrected chi connectivity index (χ1v) is 8.83. The predicted octanol–water partition coefficient (Wildman–Crippen LogP) is 5.75. The van der Waals surface area contributed by atoms with Gasteiger partial charge in [-0.05, 0) is 67.9 Å². The second kappa shape index (κ2) is 6.13. The number of ether oxygens (including phenoxy) is 1. The summed E-state index contributed by atoms with van der Waals surface area (Å²) < 4.78 is 5.70. The molecule has 0 bridgehead atoms. The van der Waals surface area contributed by atoms with Gasteiger partial charge >= 0.3 is 0 Å². The van der Waals surface area contributed by atoms with Crippen LogP contribution in [0.25, 0.3) is 32.2 Å². The third-order valence-corrected chi connectivity index (χ3v) is 4.88. The first kappa shape index (κ1) is 15.0. The number of aromatic amines is 1. The average Bonchev–Trinajstić information content (AvgIpc) is 3.21. The minimum atomic E-state index is 0.192. The van der Waals surface area contributed by atoms with Crippen molar-refractivity contribution in [3.63, 3.8) is 0 Å². The van der Waals surface area contributed by atoms with Gasteiger partial charge in [0.2, 0.25) is 0 Å². The van der Waals surface area contributed by atoms with Gasteiger partial charge in [0.15, 0.2) is 0 Å². The van der Waals surface area contributed by atoms with Crippen molar-refractivity contribution in [3.8, 4) is 26.9 Å². The summed E-state index contributed by atoms with van der Waals surface area (Å²) in [5.74, 6) is 1.83. The molecule has 0 spiro atoms.